The number of hydrogen-bond acceptors (Lipinski definition) is 6. The zero-order valence-electron chi connectivity index (χ0n) is 22.0. The molecule has 0 spiro atoms. The summed E-state index contributed by atoms with van der Waals surface area (Å²) in [4.78, 5) is 2.25. The Labute approximate surface area is 234 Å². The quantitative estimate of drug-likeness (QED) is 0.348. The van der Waals surface area contributed by atoms with Crippen LogP contribution in [0.1, 0.15) is 38.2 Å². The van der Waals surface area contributed by atoms with Gasteiger partial charge in [0.1, 0.15) is 0 Å². The van der Waals surface area contributed by atoms with E-state index >= 15 is 0 Å². The van der Waals surface area contributed by atoms with E-state index in [0.717, 1.165) is 42.5 Å². The van der Waals surface area contributed by atoms with Crippen LogP contribution in [0.3, 0.4) is 0 Å². The fraction of sp³-hybridized carbons (Fsp3) is 0.448. The Morgan fingerprint density at radius 1 is 1.24 bits per heavy atom. The minimum absolute atomic E-state index is 0.0161. The van der Waals surface area contributed by atoms with Crippen molar-refractivity contribution in [2.45, 2.75) is 46.9 Å². The van der Waals surface area contributed by atoms with Gasteiger partial charge in [-0.15, -0.1) is 0 Å². The van der Waals surface area contributed by atoms with E-state index in [4.69, 9.17) is 9.84 Å². The predicted octanol–water partition coefficient (Wildman–Crippen LogP) is 5.27. The van der Waals surface area contributed by atoms with Crippen LogP contribution in [0.4, 0.5) is 15.9 Å². The molecule has 2 fully saturated rings. The van der Waals surface area contributed by atoms with Gasteiger partial charge in [0.05, 0.1) is 5.60 Å². The first-order valence-electron chi connectivity index (χ1n) is 13.2. The van der Waals surface area contributed by atoms with E-state index in [2.05, 4.69) is 10.2 Å². The van der Waals surface area contributed by atoms with Gasteiger partial charge in [0, 0.05) is 13.1 Å². The van der Waals surface area contributed by atoms with E-state index in [-0.39, 0.29) is 27.2 Å². The normalized spacial score (nSPS) is 19.1. The molecule has 0 bridgehead atoms. The van der Waals surface area contributed by atoms with Crippen LogP contribution in [0.2, 0.25) is 8.73 Å². The summed E-state index contributed by atoms with van der Waals surface area (Å²) in [6, 6.07) is 14.5. The van der Waals surface area contributed by atoms with Gasteiger partial charge in [0.15, 0.2) is 0 Å². The van der Waals surface area contributed by atoms with Crippen molar-refractivity contribution < 1.29 is 14.2 Å². The van der Waals surface area contributed by atoms with Gasteiger partial charge in [-0.05, 0) is 19.8 Å². The second-order valence-electron chi connectivity index (χ2n) is 10.5. The number of rotatable bonds is 7. The van der Waals surface area contributed by atoms with Crippen LogP contribution in [-0.4, -0.2) is 68.8 Å². The Morgan fingerprint density at radius 3 is 2.74 bits per heavy atom. The monoisotopic (exact) mass is 624 g/mol. The molecular weight excluding hydrogens is 591 g/mol. The van der Waals surface area contributed by atoms with Crippen LogP contribution in [0.5, 0.6) is 5.75 Å². The van der Waals surface area contributed by atoms with E-state index < -0.39 is 11.4 Å². The van der Waals surface area contributed by atoms with Crippen molar-refractivity contribution in [3.63, 3.8) is 0 Å². The van der Waals surface area contributed by atoms with Crippen LogP contribution < -0.4 is 15.0 Å². The van der Waals surface area contributed by atoms with Crippen LogP contribution in [-0.2, 0) is 0 Å². The molecule has 0 amide bonds. The molecule has 2 aliphatic heterocycles. The molecule has 1 radical (unpaired) electrons. The van der Waals surface area contributed by atoms with Crippen molar-refractivity contribution in [2.24, 2.45) is 5.92 Å². The third-order valence-corrected chi connectivity index (χ3v) is 11.6. The number of benzene rings is 2. The molecule has 1 aromatic heterocycles. The van der Waals surface area contributed by atoms with Crippen molar-refractivity contribution in [1.82, 2.24) is 9.78 Å². The first kappa shape index (κ1) is 26.8. The molecule has 2 aromatic carbocycles. The summed E-state index contributed by atoms with van der Waals surface area (Å²) in [5, 5.41) is 28.0. The second-order valence-corrected chi connectivity index (χ2v) is 14.1. The Balaban J connectivity index is 1.49. The van der Waals surface area contributed by atoms with Gasteiger partial charge >= 0.3 is 186 Å². The van der Waals surface area contributed by atoms with Crippen LogP contribution in [0, 0.1) is 23.1 Å². The molecule has 0 aliphatic carbocycles. The molecule has 199 valence electrons. The number of nitrogens with one attached hydrogen (secondary N) is 1. The number of aliphatic hydroxyl groups is 1. The summed E-state index contributed by atoms with van der Waals surface area (Å²) in [6.07, 6.45) is 4.02. The van der Waals surface area contributed by atoms with Gasteiger partial charge in [0.25, 0.3) is 0 Å². The Bertz CT molecular complexity index is 1320. The van der Waals surface area contributed by atoms with E-state index in [1.54, 1.807) is 17.9 Å². The van der Waals surface area contributed by atoms with Crippen molar-refractivity contribution >= 4 is 33.1 Å². The maximum atomic E-state index is 14.6. The maximum absolute atomic E-state index is 14.6. The zero-order chi connectivity index (χ0) is 26.7. The molecule has 1 atom stereocenters. The van der Waals surface area contributed by atoms with Crippen molar-refractivity contribution in [3.8, 4) is 28.8 Å². The molecule has 2 saturated heterocycles. The molecule has 9 heteroatoms. The number of hydrogen-bond donors (Lipinski definition) is 2. The number of ether oxygens (including phenoxy) is 1. The van der Waals surface area contributed by atoms with E-state index in [1.807, 2.05) is 37.3 Å². The predicted molar refractivity (Wildman–Crippen MR) is 149 cm³/mol. The summed E-state index contributed by atoms with van der Waals surface area (Å²) in [5.41, 5.74) is 2.52. The van der Waals surface area contributed by atoms with Gasteiger partial charge < -0.3 is 5.11 Å². The fourth-order valence-corrected chi connectivity index (χ4v) is 8.79. The standard InChI is InChI=1S/C29H34FN5O2.Sb/c1-5-6-20(2)19-32-28-17-26(21-7-8-22(18-31)24(30)15-21)35(33-28)25-10-9-23(16-27(25)37-4)34-13-11-29(3,36)12-14-34;/h7-10,15-17,20,36H,1-2,5-6,11-14,19H2,3-4H3,(H,32,33);. The first-order chi connectivity index (χ1) is 18.4. The van der Waals surface area contributed by atoms with Crippen LogP contribution >= 0.6 is 0 Å². The number of nitriles is 1. The molecule has 7 nitrogen and oxygen atoms in total. The first-order valence-corrected chi connectivity index (χ1v) is 16.8. The van der Waals surface area contributed by atoms with Crippen molar-refractivity contribution in [1.29, 1.82) is 5.26 Å². The number of methoxy groups -OCH3 is 1. The van der Waals surface area contributed by atoms with E-state index in [0.29, 0.717) is 30.1 Å². The van der Waals surface area contributed by atoms with E-state index in [1.165, 1.54) is 33.7 Å². The molecule has 38 heavy (non-hydrogen) atoms. The van der Waals surface area contributed by atoms with Crippen molar-refractivity contribution in [2.75, 3.05) is 37.0 Å². The third-order valence-electron chi connectivity index (χ3n) is 7.58. The second kappa shape index (κ2) is 11.6. The molecule has 3 aromatic rings. The number of aromatic nitrogens is 2. The molecule has 3 heterocycles. The summed E-state index contributed by atoms with van der Waals surface area (Å²) in [7, 11) is 1.64. The molecule has 2 aliphatic rings. The van der Waals surface area contributed by atoms with Gasteiger partial charge in [-0.2, -0.15) is 5.26 Å². The zero-order valence-corrected chi connectivity index (χ0v) is 24.5. The number of nitrogens with zero attached hydrogens (tertiary/aromatic N) is 4. The number of halogens is 1. The topological polar surface area (TPSA) is 86.3 Å². The number of piperidine rings is 1. The third kappa shape index (κ3) is 5.95. The average Bonchev–Trinajstić information content (AvgIpc) is 3.36. The fourth-order valence-electron chi connectivity index (χ4n) is 5.18. The summed E-state index contributed by atoms with van der Waals surface area (Å²) in [5.74, 6) is 1.54. The Morgan fingerprint density at radius 2 is 2.05 bits per heavy atom. The minimum atomic E-state index is -0.621. The molecular formula is C29H34FN5O2Sb. The van der Waals surface area contributed by atoms with Gasteiger partial charge in [-0.1, -0.05) is 0 Å². The summed E-state index contributed by atoms with van der Waals surface area (Å²) >= 11 is -0.0281. The van der Waals surface area contributed by atoms with Gasteiger partial charge in [-0.3, -0.25) is 0 Å². The van der Waals surface area contributed by atoms with Crippen molar-refractivity contribution in [3.05, 3.63) is 53.8 Å². The van der Waals surface area contributed by atoms with Gasteiger partial charge in [-0.25, -0.2) is 0 Å². The van der Waals surface area contributed by atoms with Crippen LogP contribution in [0.15, 0.2) is 42.5 Å². The van der Waals surface area contributed by atoms with Gasteiger partial charge in [0.2, 0.25) is 0 Å². The Kier molecular flexibility index (Phi) is 8.16. The van der Waals surface area contributed by atoms with Crippen LogP contribution in [0.25, 0.3) is 16.9 Å². The summed E-state index contributed by atoms with van der Waals surface area (Å²) in [6.45, 7) is 4.32. The SMILES string of the molecule is COc1cc(N2CCC(C)(O)CC2)ccc1-n1nc(NCC2CC[CH2][Sb][CH2]2)cc1-c1ccc(C#N)c(F)c1. The molecule has 5 rings (SSSR count). The van der Waals surface area contributed by atoms with E-state index in [9.17, 15) is 14.8 Å². The molecule has 0 saturated carbocycles. The Hall–Kier alpha value is -2.75. The number of anilines is 2. The molecule has 2 N–H and O–H groups in total. The summed E-state index contributed by atoms with van der Waals surface area (Å²) < 4.78 is 25.1. The molecule has 1 unspecified atom stereocenters. The average molecular weight is 625 g/mol.